The molecule has 1 aliphatic rings. The van der Waals surface area contributed by atoms with Crippen LogP contribution in [0.4, 0.5) is 34.3 Å². The maximum atomic E-state index is 12.6. The van der Waals surface area contributed by atoms with Gasteiger partial charge in [0, 0.05) is 12.7 Å². The second-order valence-electron chi connectivity index (χ2n) is 5.95. The topological polar surface area (TPSA) is 118 Å². The molecule has 3 rings (SSSR count). The van der Waals surface area contributed by atoms with Crippen molar-refractivity contribution < 1.29 is 32.3 Å². The van der Waals surface area contributed by atoms with Crippen LogP contribution in [-0.2, 0) is 11.3 Å². The van der Waals surface area contributed by atoms with Crippen LogP contribution < -0.4 is 20.7 Å². The van der Waals surface area contributed by atoms with Crippen LogP contribution >= 0.6 is 0 Å². The molecule has 2 heterocycles. The second kappa shape index (κ2) is 7.66. The molecule has 0 unspecified atom stereocenters. The van der Waals surface area contributed by atoms with Crippen LogP contribution in [0.3, 0.4) is 0 Å². The third-order valence-electron chi connectivity index (χ3n) is 3.81. The fraction of sp³-hybridized carbons (Fsp3) is 0.176. The van der Waals surface area contributed by atoms with Crippen molar-refractivity contribution in [2.75, 3.05) is 16.8 Å². The average Bonchev–Trinajstić information content (AvgIpc) is 2.88. The van der Waals surface area contributed by atoms with Crippen molar-refractivity contribution in [3.8, 4) is 5.75 Å². The number of carbonyl (C=O) groups excluding carboxylic acids is 3. The fourth-order valence-corrected chi connectivity index (χ4v) is 2.71. The first-order valence-corrected chi connectivity index (χ1v) is 8.11. The predicted molar refractivity (Wildman–Crippen MR) is 93.9 cm³/mol. The van der Waals surface area contributed by atoms with E-state index < -0.39 is 30.1 Å². The van der Waals surface area contributed by atoms with Gasteiger partial charge in [0.1, 0.15) is 18.1 Å². The zero-order valence-electron chi connectivity index (χ0n) is 14.6. The number of hydrogen-bond donors (Lipinski definition) is 2. The van der Waals surface area contributed by atoms with Gasteiger partial charge in [-0.25, -0.2) is 19.5 Å². The van der Waals surface area contributed by atoms with Crippen LogP contribution in [0, 0.1) is 0 Å². The van der Waals surface area contributed by atoms with E-state index in [1.54, 1.807) is 6.07 Å². The van der Waals surface area contributed by atoms with Gasteiger partial charge in [-0.1, -0.05) is 0 Å². The van der Waals surface area contributed by atoms with Crippen molar-refractivity contribution in [1.29, 1.82) is 0 Å². The normalized spacial score (nSPS) is 14.3. The summed E-state index contributed by atoms with van der Waals surface area (Å²) in [5, 5.41) is 2.30. The fourth-order valence-electron chi connectivity index (χ4n) is 2.71. The van der Waals surface area contributed by atoms with Gasteiger partial charge in [-0.05, 0) is 42.0 Å². The van der Waals surface area contributed by atoms with Gasteiger partial charge in [-0.2, -0.15) is 0 Å². The molecule has 0 aliphatic carbocycles. The first-order chi connectivity index (χ1) is 13.6. The monoisotopic (exact) mass is 409 g/mol. The lowest BCUT2D eigenvalue weighted by Crippen LogP contribution is -2.32. The van der Waals surface area contributed by atoms with Crippen LogP contribution in [0.25, 0.3) is 0 Å². The number of carbonyl (C=O) groups is 3. The highest BCUT2D eigenvalue weighted by Crippen LogP contribution is 2.28. The van der Waals surface area contributed by atoms with Crippen LogP contribution in [0.2, 0.25) is 0 Å². The van der Waals surface area contributed by atoms with E-state index in [4.69, 9.17) is 5.73 Å². The van der Waals surface area contributed by atoms with Crippen LogP contribution in [-0.4, -0.2) is 40.8 Å². The number of ether oxygens (including phenoxy) is 1. The summed E-state index contributed by atoms with van der Waals surface area (Å²) < 4.78 is 40.5. The van der Waals surface area contributed by atoms with Gasteiger partial charge in [-0.15, -0.1) is 13.2 Å². The first kappa shape index (κ1) is 19.9. The van der Waals surface area contributed by atoms with Crippen LogP contribution in [0.15, 0.2) is 42.6 Å². The molecular formula is C17H14F3N5O4. The summed E-state index contributed by atoms with van der Waals surface area (Å²) >= 11 is 0. The average molecular weight is 409 g/mol. The lowest BCUT2D eigenvalue weighted by molar-refractivity contribution is -0.274. The molecule has 152 valence electrons. The highest BCUT2D eigenvalue weighted by Gasteiger charge is 2.37. The molecule has 2 aromatic rings. The SMILES string of the molecule is NC(=O)Nc1cc(CN2CC(=O)N(c3ccc(OC(F)(F)F)cc3)C2=O)ccn1. The third-order valence-corrected chi connectivity index (χ3v) is 3.81. The van der Waals surface area contributed by atoms with Crippen molar-refractivity contribution in [2.45, 2.75) is 12.9 Å². The number of alkyl halides is 3. The second-order valence-corrected chi connectivity index (χ2v) is 5.95. The van der Waals surface area contributed by atoms with E-state index >= 15 is 0 Å². The first-order valence-electron chi connectivity index (χ1n) is 8.11. The van der Waals surface area contributed by atoms with Crippen molar-refractivity contribution in [1.82, 2.24) is 9.88 Å². The summed E-state index contributed by atoms with van der Waals surface area (Å²) in [6, 6.07) is 6.04. The molecule has 29 heavy (non-hydrogen) atoms. The Morgan fingerprint density at radius 1 is 1.21 bits per heavy atom. The number of pyridine rings is 1. The number of nitrogens with two attached hydrogens (primary N) is 1. The molecule has 0 saturated carbocycles. The molecule has 3 N–H and O–H groups in total. The van der Waals surface area contributed by atoms with Crippen molar-refractivity contribution in [3.63, 3.8) is 0 Å². The molecule has 1 aromatic carbocycles. The molecule has 1 aliphatic heterocycles. The van der Waals surface area contributed by atoms with E-state index in [1.165, 1.54) is 29.3 Å². The number of rotatable bonds is 5. The Morgan fingerprint density at radius 3 is 2.52 bits per heavy atom. The van der Waals surface area contributed by atoms with Gasteiger partial charge < -0.3 is 15.4 Å². The molecule has 9 nitrogen and oxygen atoms in total. The summed E-state index contributed by atoms with van der Waals surface area (Å²) in [6.07, 6.45) is -3.44. The number of aromatic nitrogens is 1. The number of nitrogens with zero attached hydrogens (tertiary/aromatic N) is 3. The van der Waals surface area contributed by atoms with E-state index in [2.05, 4.69) is 15.0 Å². The van der Waals surface area contributed by atoms with Crippen molar-refractivity contribution in [2.24, 2.45) is 5.73 Å². The van der Waals surface area contributed by atoms with Gasteiger partial charge in [0.2, 0.25) is 0 Å². The molecule has 1 aromatic heterocycles. The Morgan fingerprint density at radius 2 is 1.90 bits per heavy atom. The van der Waals surface area contributed by atoms with Gasteiger partial charge in [0.15, 0.2) is 0 Å². The zero-order valence-corrected chi connectivity index (χ0v) is 14.6. The minimum Gasteiger partial charge on any atom is -0.406 e. The molecular weight excluding hydrogens is 395 g/mol. The Kier molecular flexibility index (Phi) is 5.26. The highest BCUT2D eigenvalue weighted by atomic mass is 19.4. The van der Waals surface area contributed by atoms with E-state index in [0.717, 1.165) is 17.0 Å². The summed E-state index contributed by atoms with van der Waals surface area (Å²) in [5.74, 6) is -0.822. The molecule has 0 radical (unpaired) electrons. The summed E-state index contributed by atoms with van der Waals surface area (Å²) in [5.41, 5.74) is 5.73. The number of benzene rings is 1. The quantitative estimate of drug-likeness (QED) is 0.736. The number of imide groups is 1. The zero-order chi connectivity index (χ0) is 21.2. The maximum absolute atomic E-state index is 12.6. The minimum atomic E-state index is -4.84. The number of anilines is 2. The molecule has 1 saturated heterocycles. The van der Waals surface area contributed by atoms with Crippen LogP contribution in [0.1, 0.15) is 5.56 Å². The Hall–Kier alpha value is -3.83. The Labute approximate surface area is 161 Å². The third kappa shape index (κ3) is 4.91. The summed E-state index contributed by atoms with van der Waals surface area (Å²) in [6.45, 7) is -0.174. The Bertz CT molecular complexity index is 949. The number of primary amides is 1. The van der Waals surface area contributed by atoms with Crippen molar-refractivity contribution >= 4 is 29.5 Å². The minimum absolute atomic E-state index is 0.0479. The molecule has 1 fully saturated rings. The smallest absolute Gasteiger partial charge is 0.406 e. The molecule has 5 amide bonds. The van der Waals surface area contributed by atoms with Gasteiger partial charge in [-0.3, -0.25) is 10.1 Å². The van der Waals surface area contributed by atoms with Crippen molar-refractivity contribution in [3.05, 3.63) is 48.2 Å². The number of amides is 5. The van der Waals surface area contributed by atoms with E-state index in [0.29, 0.717) is 5.56 Å². The number of hydrogen-bond acceptors (Lipinski definition) is 5. The molecule has 0 atom stereocenters. The standard InChI is InChI=1S/C17H14F3N5O4/c18-17(19,20)29-12-3-1-11(2-4-12)25-14(26)9-24(16(25)28)8-10-5-6-22-13(7-10)23-15(21)27/h1-7H,8-9H2,(H3,21,22,23,27). The lowest BCUT2D eigenvalue weighted by atomic mass is 10.2. The number of nitrogens with one attached hydrogen (secondary N) is 1. The lowest BCUT2D eigenvalue weighted by Gasteiger charge is -2.18. The largest absolute Gasteiger partial charge is 0.573 e. The highest BCUT2D eigenvalue weighted by molar-refractivity contribution is 6.19. The van der Waals surface area contributed by atoms with Crippen LogP contribution in [0.5, 0.6) is 5.75 Å². The van der Waals surface area contributed by atoms with E-state index in [1.807, 2.05) is 0 Å². The summed E-state index contributed by atoms with van der Waals surface area (Å²) in [4.78, 5) is 41.8. The van der Waals surface area contributed by atoms with E-state index in [-0.39, 0.29) is 24.6 Å². The van der Waals surface area contributed by atoms with Gasteiger partial charge in [0.05, 0.1) is 5.69 Å². The molecule has 0 spiro atoms. The summed E-state index contributed by atoms with van der Waals surface area (Å²) in [7, 11) is 0. The molecule has 12 heteroatoms. The Balaban J connectivity index is 1.72. The number of urea groups is 2. The maximum Gasteiger partial charge on any atom is 0.573 e. The predicted octanol–water partition coefficient (Wildman–Crippen LogP) is 2.44. The van der Waals surface area contributed by atoms with E-state index in [9.17, 15) is 27.6 Å². The van der Waals surface area contributed by atoms with Gasteiger partial charge >= 0.3 is 18.4 Å². The number of halogens is 3. The molecule has 0 bridgehead atoms. The van der Waals surface area contributed by atoms with Gasteiger partial charge in [0.25, 0.3) is 5.91 Å².